The molecule has 1 aromatic heterocycles. The summed E-state index contributed by atoms with van der Waals surface area (Å²) in [6.45, 7) is 2.67. The van der Waals surface area contributed by atoms with Gasteiger partial charge < -0.3 is 10.1 Å². The number of benzene rings is 2. The molecule has 0 aliphatic carbocycles. The van der Waals surface area contributed by atoms with Gasteiger partial charge in [-0.1, -0.05) is 24.3 Å². The second-order valence-corrected chi connectivity index (χ2v) is 7.29. The molecule has 1 aliphatic rings. The molecule has 1 aliphatic heterocycles. The third-order valence-corrected chi connectivity index (χ3v) is 5.25. The SMILES string of the molecule is N#Cc1ccc(-c2ncc(OCC3CCNCC3)nc2-c2ccc(C#N)cc2)cc1. The highest BCUT2D eigenvalue weighted by Crippen LogP contribution is 2.31. The maximum Gasteiger partial charge on any atom is 0.232 e. The standard InChI is InChI=1S/C24H21N5O/c25-13-17-1-5-20(6-2-17)23-24(21-7-3-18(14-26)4-8-21)29-22(15-28-23)30-16-19-9-11-27-12-10-19/h1-8,15,19,27H,9-12,16H2. The van der Waals surface area contributed by atoms with Gasteiger partial charge in [0.25, 0.3) is 0 Å². The fraction of sp³-hybridized carbons (Fsp3) is 0.250. The first-order chi connectivity index (χ1) is 14.8. The molecule has 0 spiro atoms. The molecule has 1 saturated heterocycles. The van der Waals surface area contributed by atoms with Crippen LogP contribution in [-0.2, 0) is 0 Å². The molecule has 0 bridgehead atoms. The first-order valence-electron chi connectivity index (χ1n) is 9.98. The predicted octanol–water partition coefficient (Wildman–Crippen LogP) is 3.93. The summed E-state index contributed by atoms with van der Waals surface area (Å²) in [5.74, 6) is 1.01. The van der Waals surface area contributed by atoms with Gasteiger partial charge >= 0.3 is 0 Å². The van der Waals surface area contributed by atoms with Crippen LogP contribution in [-0.4, -0.2) is 29.7 Å². The summed E-state index contributed by atoms with van der Waals surface area (Å²) in [7, 11) is 0. The number of hydrogen-bond donors (Lipinski definition) is 1. The molecule has 0 atom stereocenters. The summed E-state index contributed by atoms with van der Waals surface area (Å²) in [5.41, 5.74) is 4.29. The van der Waals surface area contributed by atoms with Crippen molar-refractivity contribution in [3.63, 3.8) is 0 Å². The third-order valence-electron chi connectivity index (χ3n) is 5.25. The second-order valence-electron chi connectivity index (χ2n) is 7.29. The van der Waals surface area contributed by atoms with E-state index < -0.39 is 0 Å². The van der Waals surface area contributed by atoms with Crippen LogP contribution in [0.15, 0.2) is 54.7 Å². The van der Waals surface area contributed by atoms with Crippen LogP contribution in [0.25, 0.3) is 22.5 Å². The van der Waals surface area contributed by atoms with Gasteiger partial charge in [0.15, 0.2) is 0 Å². The Balaban J connectivity index is 1.67. The molecular formula is C24H21N5O. The Hall–Kier alpha value is -3.74. The first kappa shape index (κ1) is 19.6. The number of rotatable bonds is 5. The largest absolute Gasteiger partial charge is 0.476 e. The number of nitrogens with one attached hydrogen (secondary N) is 1. The lowest BCUT2D eigenvalue weighted by Crippen LogP contribution is -2.30. The minimum Gasteiger partial charge on any atom is -0.476 e. The third kappa shape index (κ3) is 4.46. The fourth-order valence-corrected chi connectivity index (χ4v) is 3.51. The first-order valence-corrected chi connectivity index (χ1v) is 9.98. The summed E-state index contributed by atoms with van der Waals surface area (Å²) in [6, 6.07) is 18.8. The highest BCUT2D eigenvalue weighted by molar-refractivity contribution is 5.78. The van der Waals surface area contributed by atoms with Crippen molar-refractivity contribution in [2.45, 2.75) is 12.8 Å². The van der Waals surface area contributed by atoms with E-state index in [9.17, 15) is 0 Å². The number of nitrogens with zero attached hydrogens (tertiary/aromatic N) is 4. The molecule has 148 valence electrons. The van der Waals surface area contributed by atoms with E-state index in [1.807, 2.05) is 24.3 Å². The molecule has 3 aromatic rings. The molecule has 6 nitrogen and oxygen atoms in total. The zero-order chi connectivity index (χ0) is 20.8. The Morgan fingerprint density at radius 3 is 2.00 bits per heavy atom. The van der Waals surface area contributed by atoms with E-state index in [1.165, 1.54) is 0 Å². The highest BCUT2D eigenvalue weighted by Gasteiger charge is 2.16. The van der Waals surface area contributed by atoms with E-state index in [2.05, 4.69) is 22.4 Å². The van der Waals surface area contributed by atoms with Crippen molar-refractivity contribution in [1.82, 2.24) is 15.3 Å². The van der Waals surface area contributed by atoms with Crippen LogP contribution in [0.2, 0.25) is 0 Å². The Morgan fingerprint density at radius 2 is 1.43 bits per heavy atom. The maximum absolute atomic E-state index is 9.09. The molecule has 1 N–H and O–H groups in total. The normalized spacial score (nSPS) is 13.9. The number of piperidine rings is 1. The predicted molar refractivity (Wildman–Crippen MR) is 113 cm³/mol. The van der Waals surface area contributed by atoms with Gasteiger partial charge in [-0.2, -0.15) is 10.5 Å². The molecule has 0 radical (unpaired) electrons. The molecule has 2 heterocycles. The lowest BCUT2D eigenvalue weighted by molar-refractivity contribution is 0.208. The summed E-state index contributed by atoms with van der Waals surface area (Å²) in [4.78, 5) is 9.39. The van der Waals surface area contributed by atoms with E-state index in [1.54, 1.807) is 30.5 Å². The molecule has 4 rings (SSSR count). The van der Waals surface area contributed by atoms with Crippen molar-refractivity contribution in [3.05, 3.63) is 65.9 Å². The zero-order valence-corrected chi connectivity index (χ0v) is 16.5. The van der Waals surface area contributed by atoms with Crippen molar-refractivity contribution in [2.24, 2.45) is 5.92 Å². The molecule has 30 heavy (non-hydrogen) atoms. The molecule has 1 fully saturated rings. The van der Waals surface area contributed by atoms with Crippen LogP contribution in [0.3, 0.4) is 0 Å². The van der Waals surface area contributed by atoms with Crippen LogP contribution in [0.5, 0.6) is 5.88 Å². The molecule has 2 aromatic carbocycles. The smallest absolute Gasteiger partial charge is 0.232 e. The van der Waals surface area contributed by atoms with E-state index in [-0.39, 0.29) is 0 Å². The maximum atomic E-state index is 9.09. The topological polar surface area (TPSA) is 94.6 Å². The second kappa shape index (κ2) is 9.17. The Morgan fingerprint density at radius 1 is 0.867 bits per heavy atom. The van der Waals surface area contributed by atoms with Crippen molar-refractivity contribution in [2.75, 3.05) is 19.7 Å². The lowest BCUT2D eigenvalue weighted by atomic mass is 9.99. The number of aromatic nitrogens is 2. The van der Waals surface area contributed by atoms with Gasteiger partial charge in [0.05, 0.1) is 41.8 Å². The number of hydrogen-bond acceptors (Lipinski definition) is 6. The van der Waals surface area contributed by atoms with Crippen LogP contribution in [0, 0.1) is 28.6 Å². The van der Waals surface area contributed by atoms with Gasteiger partial charge in [-0.05, 0) is 56.1 Å². The molecular weight excluding hydrogens is 374 g/mol. The summed E-state index contributed by atoms with van der Waals surface area (Å²) in [6.07, 6.45) is 3.85. The number of ether oxygens (including phenoxy) is 1. The molecule has 0 amide bonds. The minimum absolute atomic E-state index is 0.491. The van der Waals surface area contributed by atoms with Crippen LogP contribution < -0.4 is 10.1 Å². The summed E-state index contributed by atoms with van der Waals surface area (Å²) < 4.78 is 5.98. The van der Waals surface area contributed by atoms with Gasteiger partial charge in [0.2, 0.25) is 5.88 Å². The minimum atomic E-state index is 0.491. The summed E-state index contributed by atoms with van der Waals surface area (Å²) in [5, 5.41) is 21.5. The monoisotopic (exact) mass is 395 g/mol. The van der Waals surface area contributed by atoms with Crippen molar-refractivity contribution in [1.29, 1.82) is 10.5 Å². The quantitative estimate of drug-likeness (QED) is 0.703. The molecule has 0 unspecified atom stereocenters. The van der Waals surface area contributed by atoms with Crippen LogP contribution >= 0.6 is 0 Å². The summed E-state index contributed by atoms with van der Waals surface area (Å²) >= 11 is 0. The Bertz CT molecular complexity index is 1090. The highest BCUT2D eigenvalue weighted by atomic mass is 16.5. The van der Waals surface area contributed by atoms with E-state index >= 15 is 0 Å². The zero-order valence-electron chi connectivity index (χ0n) is 16.5. The van der Waals surface area contributed by atoms with Crippen molar-refractivity contribution < 1.29 is 4.74 Å². The van der Waals surface area contributed by atoms with Crippen molar-refractivity contribution in [3.8, 4) is 40.5 Å². The Kier molecular flexibility index (Phi) is 5.98. The van der Waals surface area contributed by atoms with Gasteiger partial charge in [0.1, 0.15) is 5.69 Å². The Labute approximate surface area is 175 Å². The van der Waals surface area contributed by atoms with E-state index in [4.69, 9.17) is 20.2 Å². The average Bonchev–Trinajstić information content (AvgIpc) is 2.83. The van der Waals surface area contributed by atoms with Gasteiger partial charge in [0, 0.05) is 11.1 Å². The lowest BCUT2D eigenvalue weighted by Gasteiger charge is -2.22. The molecule has 0 saturated carbocycles. The van der Waals surface area contributed by atoms with Gasteiger partial charge in [-0.3, -0.25) is 0 Å². The van der Waals surface area contributed by atoms with Crippen LogP contribution in [0.1, 0.15) is 24.0 Å². The van der Waals surface area contributed by atoms with Gasteiger partial charge in [-0.15, -0.1) is 0 Å². The fourth-order valence-electron chi connectivity index (χ4n) is 3.51. The van der Waals surface area contributed by atoms with E-state index in [0.29, 0.717) is 40.9 Å². The molecule has 6 heteroatoms. The average molecular weight is 395 g/mol. The van der Waals surface area contributed by atoms with Crippen LogP contribution in [0.4, 0.5) is 0 Å². The van der Waals surface area contributed by atoms with Gasteiger partial charge in [-0.25, -0.2) is 9.97 Å². The number of nitriles is 2. The van der Waals surface area contributed by atoms with Crippen molar-refractivity contribution >= 4 is 0 Å². The van der Waals surface area contributed by atoms with E-state index in [0.717, 1.165) is 37.1 Å².